The Morgan fingerprint density at radius 2 is 1.19 bits per heavy atom. The number of anilines is 5. The molecule has 0 saturated carbocycles. The van der Waals surface area contributed by atoms with Gasteiger partial charge in [0.15, 0.2) is 5.75 Å². The van der Waals surface area contributed by atoms with Crippen molar-refractivity contribution >= 4 is 109 Å². The summed E-state index contributed by atoms with van der Waals surface area (Å²) in [6, 6.07) is 17.2. The highest BCUT2D eigenvalue weighted by Crippen LogP contribution is 2.45. The van der Waals surface area contributed by atoms with Crippen molar-refractivity contribution in [3.8, 4) is 5.75 Å². The average molecular weight is 907 g/mol. The highest BCUT2D eigenvalue weighted by Gasteiger charge is 2.27. The van der Waals surface area contributed by atoms with Crippen molar-refractivity contribution in [3.63, 3.8) is 0 Å². The Labute approximate surface area is 337 Å². The van der Waals surface area contributed by atoms with Crippen LogP contribution in [0.1, 0.15) is 10.4 Å². The van der Waals surface area contributed by atoms with Gasteiger partial charge in [0.1, 0.15) is 21.2 Å². The van der Waals surface area contributed by atoms with Crippen LogP contribution >= 0.6 is 11.6 Å². The lowest BCUT2D eigenvalue weighted by molar-refractivity contribution is 0.102. The third-order valence-electron chi connectivity index (χ3n) is 7.75. The number of hydrogen-bond donors (Lipinski definition) is 8. The van der Waals surface area contributed by atoms with Crippen molar-refractivity contribution < 1.29 is 61.8 Å². The van der Waals surface area contributed by atoms with Gasteiger partial charge in [-0.05, 0) is 89.8 Å². The summed E-state index contributed by atoms with van der Waals surface area (Å²) in [6.45, 7) is 0. The molecular formula is C32H23ClN8O14S4. The second-order valence-electron chi connectivity index (χ2n) is 11.8. The minimum atomic E-state index is -5.35. The number of carbonyl (C=O) groups is 1. The summed E-state index contributed by atoms with van der Waals surface area (Å²) in [5, 5.41) is 25.2. The van der Waals surface area contributed by atoms with E-state index < -0.39 is 94.7 Å². The van der Waals surface area contributed by atoms with Crippen molar-refractivity contribution in [1.82, 2.24) is 15.0 Å². The van der Waals surface area contributed by atoms with E-state index in [9.17, 15) is 61.8 Å². The number of halogens is 1. The van der Waals surface area contributed by atoms with Crippen molar-refractivity contribution in [2.75, 3.05) is 16.0 Å². The molecule has 6 aromatic rings. The molecule has 0 aliphatic carbocycles. The third kappa shape index (κ3) is 9.91. The molecule has 0 unspecified atom stereocenters. The minimum absolute atomic E-state index is 0.0598. The van der Waals surface area contributed by atoms with E-state index >= 15 is 0 Å². The standard InChI is InChI=1S/C32H23ClN8O14S4/c33-30-37-31(34-18-6-9-20(10-7-18)56(44,45)46)39-32(38-30)35-19-8-11-22(24(14-19)58(50,51)52)40-41-27-25(59(53,54)55)13-17-12-21(57(47,48)49)15-23(26(17)28(27)42)36-29(43)16-4-2-1-3-5-16/h1-15,42H,(H,36,43)(H,44,45,46)(H,47,48,49)(H,50,51,52)(H,53,54,55)(H2,34,35,37,38,39). The van der Waals surface area contributed by atoms with Gasteiger partial charge in [-0.2, -0.15) is 48.6 Å². The highest BCUT2D eigenvalue weighted by molar-refractivity contribution is 7.86. The van der Waals surface area contributed by atoms with E-state index in [1.807, 2.05) is 0 Å². The lowest BCUT2D eigenvalue weighted by Gasteiger charge is -2.15. The Kier molecular flexibility index (Phi) is 11.4. The Hall–Kier alpha value is -6.23. The number of carbonyl (C=O) groups excluding carboxylic acids is 1. The van der Waals surface area contributed by atoms with Crippen molar-refractivity contribution in [2.45, 2.75) is 19.6 Å². The predicted octanol–water partition coefficient (Wildman–Crippen LogP) is 5.53. The van der Waals surface area contributed by atoms with Gasteiger partial charge < -0.3 is 21.1 Å². The summed E-state index contributed by atoms with van der Waals surface area (Å²) in [5.74, 6) is -2.44. The molecule has 8 N–H and O–H groups in total. The van der Waals surface area contributed by atoms with Crippen LogP contribution in [0.15, 0.2) is 121 Å². The Bertz CT molecular complexity index is 3180. The van der Waals surface area contributed by atoms with Gasteiger partial charge in [-0.15, -0.1) is 10.2 Å². The van der Waals surface area contributed by atoms with Crippen molar-refractivity contribution in [3.05, 3.63) is 102 Å². The smallest absolute Gasteiger partial charge is 0.296 e. The van der Waals surface area contributed by atoms with Gasteiger partial charge in [0.25, 0.3) is 46.4 Å². The molecule has 0 spiro atoms. The molecule has 306 valence electrons. The molecular weight excluding hydrogens is 884 g/mol. The lowest BCUT2D eigenvalue weighted by Crippen LogP contribution is -2.13. The zero-order valence-electron chi connectivity index (χ0n) is 28.8. The molecule has 6 rings (SSSR count). The summed E-state index contributed by atoms with van der Waals surface area (Å²) in [6.07, 6.45) is 0. The number of aromatic hydroxyl groups is 1. The highest BCUT2D eigenvalue weighted by atomic mass is 35.5. The second-order valence-corrected chi connectivity index (χ2v) is 17.7. The van der Waals surface area contributed by atoms with E-state index in [1.54, 1.807) is 6.07 Å². The molecule has 1 aromatic heterocycles. The molecule has 0 aliphatic heterocycles. The van der Waals surface area contributed by atoms with E-state index in [2.05, 4.69) is 41.1 Å². The van der Waals surface area contributed by atoms with Crippen molar-refractivity contribution in [1.29, 1.82) is 0 Å². The van der Waals surface area contributed by atoms with Crippen LogP contribution < -0.4 is 16.0 Å². The van der Waals surface area contributed by atoms with Crippen LogP contribution in [0.2, 0.25) is 5.28 Å². The molecule has 27 heteroatoms. The Balaban J connectivity index is 1.40. The fourth-order valence-corrected chi connectivity index (χ4v) is 7.69. The van der Waals surface area contributed by atoms with Gasteiger partial charge in [-0.25, -0.2) is 0 Å². The SMILES string of the molecule is O=C(Nc1cc(S(=O)(=O)O)cc2cc(S(=O)(=O)O)c(N=Nc3ccc(Nc4nc(Cl)nc(Nc5ccc(S(=O)(=O)O)cc5)n4)cc3S(=O)(=O)O)c(O)c12)c1ccccc1. The van der Waals surface area contributed by atoms with E-state index in [4.69, 9.17) is 11.6 Å². The van der Waals surface area contributed by atoms with Gasteiger partial charge in [0.2, 0.25) is 17.2 Å². The number of nitrogens with zero attached hydrogens (tertiary/aromatic N) is 5. The normalized spacial score (nSPS) is 12.4. The molecule has 0 aliphatic rings. The van der Waals surface area contributed by atoms with E-state index in [1.165, 1.54) is 42.5 Å². The van der Waals surface area contributed by atoms with Gasteiger partial charge in [-0.3, -0.25) is 23.0 Å². The van der Waals surface area contributed by atoms with Gasteiger partial charge in [0.05, 0.1) is 15.5 Å². The quantitative estimate of drug-likeness (QED) is 0.0553. The number of rotatable bonds is 12. The molecule has 0 fully saturated rings. The van der Waals surface area contributed by atoms with Gasteiger partial charge >= 0.3 is 0 Å². The number of phenols is 1. The number of nitrogens with one attached hydrogen (secondary N) is 3. The fourth-order valence-electron chi connectivity index (χ4n) is 5.20. The molecule has 5 aromatic carbocycles. The van der Waals surface area contributed by atoms with Gasteiger partial charge in [-0.1, -0.05) is 18.2 Å². The first-order valence-electron chi connectivity index (χ1n) is 15.7. The number of azo groups is 1. The van der Waals surface area contributed by atoms with Gasteiger partial charge in [0, 0.05) is 22.3 Å². The fraction of sp³-hybridized carbons (Fsp3) is 0. The van der Waals surface area contributed by atoms with E-state index in [0.717, 1.165) is 36.4 Å². The number of phenolic OH excluding ortho intramolecular Hbond substituents is 1. The first kappa shape index (κ1) is 42.4. The van der Waals surface area contributed by atoms with Crippen LogP contribution in [0.5, 0.6) is 5.75 Å². The molecule has 59 heavy (non-hydrogen) atoms. The monoisotopic (exact) mass is 906 g/mol. The van der Waals surface area contributed by atoms with Crippen LogP contribution in [-0.4, -0.2) is 77.8 Å². The summed E-state index contributed by atoms with van der Waals surface area (Å²) >= 11 is 6.02. The molecule has 22 nitrogen and oxygen atoms in total. The number of amides is 1. The molecule has 0 bridgehead atoms. The van der Waals surface area contributed by atoms with E-state index in [-0.39, 0.29) is 39.0 Å². The maximum atomic E-state index is 13.1. The maximum Gasteiger partial charge on any atom is 0.296 e. The summed E-state index contributed by atoms with van der Waals surface area (Å²) in [5.41, 5.74) is -2.00. The van der Waals surface area contributed by atoms with Crippen LogP contribution in [0, 0.1) is 0 Å². The number of fused-ring (bicyclic) bond motifs is 1. The minimum Gasteiger partial charge on any atom is -0.505 e. The Morgan fingerprint density at radius 3 is 1.76 bits per heavy atom. The first-order chi connectivity index (χ1) is 27.5. The maximum absolute atomic E-state index is 13.1. The topological polar surface area (TPSA) is 354 Å². The average Bonchev–Trinajstić information content (AvgIpc) is 3.13. The Morgan fingerprint density at radius 1 is 0.610 bits per heavy atom. The summed E-state index contributed by atoms with van der Waals surface area (Å²) in [4.78, 5) is 21.5. The van der Waals surface area contributed by atoms with Crippen molar-refractivity contribution in [2.24, 2.45) is 10.2 Å². The molecule has 0 radical (unpaired) electrons. The molecule has 1 amide bonds. The van der Waals surface area contributed by atoms with Crippen LogP contribution in [-0.2, 0) is 40.5 Å². The summed E-state index contributed by atoms with van der Waals surface area (Å²) < 4.78 is 136. The number of aromatic nitrogens is 3. The zero-order valence-corrected chi connectivity index (χ0v) is 32.8. The first-order valence-corrected chi connectivity index (χ1v) is 21.8. The van der Waals surface area contributed by atoms with Crippen LogP contribution in [0.25, 0.3) is 10.8 Å². The molecule has 0 atom stereocenters. The molecule has 1 heterocycles. The second kappa shape index (κ2) is 15.8. The zero-order chi connectivity index (χ0) is 43.1. The largest absolute Gasteiger partial charge is 0.505 e. The van der Waals surface area contributed by atoms with Crippen LogP contribution in [0.3, 0.4) is 0 Å². The third-order valence-corrected chi connectivity index (χ3v) is 11.4. The van der Waals surface area contributed by atoms with E-state index in [0.29, 0.717) is 6.07 Å². The predicted molar refractivity (Wildman–Crippen MR) is 208 cm³/mol. The number of hydrogen-bond acceptors (Lipinski definition) is 17. The number of benzene rings is 5. The lowest BCUT2D eigenvalue weighted by atomic mass is 10.1. The van der Waals surface area contributed by atoms with Crippen LogP contribution in [0.4, 0.5) is 40.3 Å². The molecule has 0 saturated heterocycles. The summed E-state index contributed by atoms with van der Waals surface area (Å²) in [7, 11) is -20.0.